The van der Waals surface area contributed by atoms with Crippen LogP contribution in [0.25, 0.3) is 0 Å². The summed E-state index contributed by atoms with van der Waals surface area (Å²) in [5, 5.41) is 8.83. The summed E-state index contributed by atoms with van der Waals surface area (Å²) in [6, 6.07) is 7.52. The maximum atomic E-state index is 13.1. The lowest BCUT2D eigenvalue weighted by Crippen LogP contribution is -2.67. The lowest BCUT2D eigenvalue weighted by atomic mass is 9.81. The van der Waals surface area contributed by atoms with Gasteiger partial charge in [0.05, 0.1) is 11.7 Å². The van der Waals surface area contributed by atoms with E-state index in [4.69, 9.17) is 23.2 Å². The fraction of sp³-hybridized carbons (Fsp3) is 0.571. The first-order chi connectivity index (χ1) is 15.0. The Labute approximate surface area is 196 Å². The molecule has 168 valence electrons. The van der Waals surface area contributed by atoms with Gasteiger partial charge in [-0.2, -0.15) is 5.10 Å². The second kappa shape index (κ2) is 9.88. The second-order valence-electron chi connectivity index (χ2n) is 8.08. The number of rotatable bonds is 6. The van der Waals surface area contributed by atoms with Crippen molar-refractivity contribution in [2.75, 3.05) is 12.3 Å². The Morgan fingerprint density at radius 3 is 2.94 bits per heavy atom. The largest absolute Gasteiger partial charge is 0.351 e. The molecule has 2 fully saturated rings. The van der Waals surface area contributed by atoms with Gasteiger partial charge in [-0.3, -0.25) is 15.0 Å². The number of amidine groups is 1. The van der Waals surface area contributed by atoms with Crippen LogP contribution in [0.15, 0.2) is 29.4 Å². The molecule has 2 amide bonds. The smallest absolute Gasteiger partial charge is 0.230 e. The number of amides is 2. The zero-order valence-corrected chi connectivity index (χ0v) is 19.7. The van der Waals surface area contributed by atoms with E-state index >= 15 is 0 Å². The molecule has 1 aromatic carbocycles. The highest BCUT2D eigenvalue weighted by Crippen LogP contribution is 2.40. The number of nitrogens with one attached hydrogen (secondary N) is 2. The SMILES string of the molecule is CCCN1C(=O)C2CC(Cl)CCC2N2C(SCC(=O)NCc3ccccc3Cl)=NNC12. The first-order valence-electron chi connectivity index (χ1n) is 10.7. The maximum Gasteiger partial charge on any atom is 0.230 e. The number of alkyl halides is 1. The number of fused-ring (bicyclic) bond motifs is 3. The van der Waals surface area contributed by atoms with Crippen molar-refractivity contribution >= 4 is 51.9 Å². The average molecular weight is 484 g/mol. The average Bonchev–Trinajstić information content (AvgIpc) is 3.18. The summed E-state index contributed by atoms with van der Waals surface area (Å²) in [5.74, 6) is 0.185. The van der Waals surface area contributed by atoms with E-state index in [0.29, 0.717) is 24.5 Å². The summed E-state index contributed by atoms with van der Waals surface area (Å²) in [4.78, 5) is 29.6. The maximum absolute atomic E-state index is 13.1. The fourth-order valence-corrected chi connectivity index (χ4v) is 5.90. The minimum absolute atomic E-state index is 0.0319. The Morgan fingerprint density at radius 1 is 1.35 bits per heavy atom. The third-order valence-corrected chi connectivity index (χ3v) is 7.73. The number of hydrazone groups is 1. The summed E-state index contributed by atoms with van der Waals surface area (Å²) in [5.41, 5.74) is 4.01. The van der Waals surface area contributed by atoms with Gasteiger partial charge in [-0.1, -0.05) is 48.5 Å². The van der Waals surface area contributed by atoms with Gasteiger partial charge < -0.3 is 15.1 Å². The van der Waals surface area contributed by atoms with Gasteiger partial charge in [-0.25, -0.2) is 0 Å². The quantitative estimate of drug-likeness (QED) is 0.607. The molecule has 1 aromatic rings. The van der Waals surface area contributed by atoms with Crippen LogP contribution in [0.4, 0.5) is 0 Å². The van der Waals surface area contributed by atoms with Crippen LogP contribution in [0.3, 0.4) is 0 Å². The van der Waals surface area contributed by atoms with Gasteiger partial charge in [-0.15, -0.1) is 11.6 Å². The summed E-state index contributed by atoms with van der Waals surface area (Å²) in [6.45, 7) is 3.11. The molecule has 1 aliphatic carbocycles. The van der Waals surface area contributed by atoms with E-state index in [2.05, 4.69) is 27.7 Å². The van der Waals surface area contributed by atoms with Gasteiger partial charge in [0.25, 0.3) is 0 Å². The molecular formula is C21H27Cl2N5O2S. The van der Waals surface area contributed by atoms with Crippen LogP contribution in [-0.2, 0) is 16.1 Å². The summed E-state index contributed by atoms with van der Waals surface area (Å²) < 4.78 is 0. The molecule has 3 aliphatic rings. The number of carbonyl (C=O) groups is 2. The molecule has 1 saturated heterocycles. The van der Waals surface area contributed by atoms with Gasteiger partial charge in [-0.05, 0) is 37.3 Å². The van der Waals surface area contributed by atoms with E-state index in [0.717, 1.165) is 30.0 Å². The van der Waals surface area contributed by atoms with Crippen LogP contribution in [0.1, 0.15) is 38.2 Å². The van der Waals surface area contributed by atoms with Crippen molar-refractivity contribution in [3.05, 3.63) is 34.9 Å². The third-order valence-electron chi connectivity index (χ3n) is 5.99. The standard InChI is InChI=1S/C21H27Cl2N5O2S/c1-2-9-27-19(30)15-10-14(22)7-8-17(15)28-20(27)25-26-21(28)31-12-18(29)24-11-13-5-3-4-6-16(13)23/h3-6,14-15,17,20,25H,2,7-12H2,1H3,(H,24,29). The predicted molar refractivity (Wildman–Crippen MR) is 125 cm³/mol. The van der Waals surface area contributed by atoms with Crippen molar-refractivity contribution < 1.29 is 9.59 Å². The number of benzene rings is 1. The zero-order valence-electron chi connectivity index (χ0n) is 17.4. The molecule has 4 rings (SSSR count). The Morgan fingerprint density at radius 2 is 2.16 bits per heavy atom. The highest BCUT2D eigenvalue weighted by Gasteiger charge is 2.51. The van der Waals surface area contributed by atoms with Gasteiger partial charge in [0, 0.05) is 29.5 Å². The van der Waals surface area contributed by atoms with E-state index < -0.39 is 0 Å². The zero-order chi connectivity index (χ0) is 22.0. The Hall–Kier alpha value is -1.64. The minimum atomic E-state index is -0.283. The molecular weight excluding hydrogens is 457 g/mol. The van der Waals surface area contributed by atoms with Crippen LogP contribution < -0.4 is 10.7 Å². The van der Waals surface area contributed by atoms with Crippen molar-refractivity contribution in [1.82, 2.24) is 20.5 Å². The molecule has 4 atom stereocenters. The van der Waals surface area contributed by atoms with Crippen molar-refractivity contribution in [1.29, 1.82) is 0 Å². The van der Waals surface area contributed by atoms with Crippen molar-refractivity contribution in [3.8, 4) is 0 Å². The molecule has 0 radical (unpaired) electrons. The van der Waals surface area contributed by atoms with Crippen LogP contribution in [0, 0.1) is 5.92 Å². The molecule has 4 unspecified atom stereocenters. The molecule has 1 saturated carbocycles. The van der Waals surface area contributed by atoms with E-state index in [-0.39, 0.29) is 41.2 Å². The van der Waals surface area contributed by atoms with Crippen molar-refractivity contribution in [2.45, 2.75) is 56.9 Å². The van der Waals surface area contributed by atoms with Gasteiger partial charge >= 0.3 is 0 Å². The van der Waals surface area contributed by atoms with E-state index in [9.17, 15) is 9.59 Å². The number of carbonyl (C=O) groups excluding carboxylic acids is 2. The Bertz CT molecular complexity index is 870. The van der Waals surface area contributed by atoms with Crippen LogP contribution in [0.2, 0.25) is 5.02 Å². The van der Waals surface area contributed by atoms with E-state index in [1.165, 1.54) is 11.8 Å². The molecule has 0 aromatic heterocycles. The van der Waals surface area contributed by atoms with E-state index in [1.807, 2.05) is 29.2 Å². The number of hydrogen-bond acceptors (Lipinski definition) is 6. The van der Waals surface area contributed by atoms with Crippen molar-refractivity contribution in [3.63, 3.8) is 0 Å². The molecule has 10 heteroatoms. The molecule has 0 bridgehead atoms. The van der Waals surface area contributed by atoms with Crippen molar-refractivity contribution in [2.24, 2.45) is 11.0 Å². The third kappa shape index (κ3) is 4.76. The molecule has 7 nitrogen and oxygen atoms in total. The summed E-state index contributed by atoms with van der Waals surface area (Å²) in [7, 11) is 0. The van der Waals surface area contributed by atoms with Gasteiger partial charge in [0.2, 0.25) is 11.8 Å². The van der Waals surface area contributed by atoms with Crippen LogP contribution in [-0.4, -0.2) is 56.8 Å². The summed E-state index contributed by atoms with van der Waals surface area (Å²) in [6.07, 6.45) is 3.00. The summed E-state index contributed by atoms with van der Waals surface area (Å²) >= 11 is 14.0. The van der Waals surface area contributed by atoms with Gasteiger partial charge in [0.1, 0.15) is 0 Å². The molecule has 31 heavy (non-hydrogen) atoms. The highest BCUT2D eigenvalue weighted by molar-refractivity contribution is 8.14. The molecule has 2 N–H and O–H groups in total. The second-order valence-corrected chi connectivity index (χ2v) is 10.0. The minimum Gasteiger partial charge on any atom is -0.351 e. The lowest BCUT2D eigenvalue weighted by Gasteiger charge is -2.51. The first kappa shape index (κ1) is 22.6. The first-order valence-corrected chi connectivity index (χ1v) is 12.5. The Balaban J connectivity index is 1.39. The molecule has 2 heterocycles. The monoisotopic (exact) mass is 483 g/mol. The predicted octanol–water partition coefficient (Wildman–Crippen LogP) is 3.18. The van der Waals surface area contributed by atoms with Crippen LogP contribution >= 0.6 is 35.0 Å². The number of halogens is 2. The number of hydrogen-bond donors (Lipinski definition) is 2. The van der Waals surface area contributed by atoms with E-state index in [1.54, 1.807) is 0 Å². The molecule has 0 spiro atoms. The number of thioether (sulfide) groups is 1. The lowest BCUT2D eigenvalue weighted by molar-refractivity contribution is -0.155. The fourth-order valence-electron chi connectivity index (χ4n) is 4.51. The normalized spacial score (nSPS) is 27.3. The van der Waals surface area contributed by atoms with Gasteiger partial charge in [0.15, 0.2) is 11.5 Å². The molecule has 2 aliphatic heterocycles. The topological polar surface area (TPSA) is 77.0 Å². The number of nitrogens with zero attached hydrogens (tertiary/aromatic N) is 3. The highest BCUT2D eigenvalue weighted by atomic mass is 35.5. The Kier molecular flexibility index (Phi) is 7.19. The van der Waals surface area contributed by atoms with Crippen LogP contribution in [0.5, 0.6) is 0 Å².